The number of carbonyl (C=O) groups excluding carboxylic acids is 2. The summed E-state index contributed by atoms with van der Waals surface area (Å²) >= 11 is 16.7. The first-order chi connectivity index (χ1) is 13.6. The van der Waals surface area contributed by atoms with Crippen molar-refractivity contribution in [2.45, 2.75) is 23.7 Å². The molecule has 0 radical (unpaired) electrons. The minimum absolute atomic E-state index is 0.178. The molecule has 9 heteroatoms. The Morgan fingerprint density at radius 2 is 1.90 bits per heavy atom. The van der Waals surface area contributed by atoms with Crippen LogP contribution in [0.1, 0.15) is 12.5 Å². The van der Waals surface area contributed by atoms with Gasteiger partial charge in [0, 0.05) is 11.8 Å². The summed E-state index contributed by atoms with van der Waals surface area (Å²) in [6.45, 7) is 4.31. The highest BCUT2D eigenvalue weighted by Gasteiger charge is 2.33. The normalized spacial score (nSPS) is 16.1. The van der Waals surface area contributed by atoms with Gasteiger partial charge in [-0.2, -0.15) is 0 Å². The average Bonchev–Trinajstić information content (AvgIpc) is 2.65. The number of aryl methyl sites for hydroxylation is 1. The van der Waals surface area contributed by atoms with Gasteiger partial charge in [0.25, 0.3) is 15.6 Å². The molecule has 1 aliphatic rings. The molecule has 3 rings (SSSR count). The zero-order valence-electron chi connectivity index (χ0n) is 15.7. The molecule has 2 aromatic carbocycles. The van der Waals surface area contributed by atoms with Crippen LogP contribution in [0.5, 0.6) is 11.5 Å². The van der Waals surface area contributed by atoms with Gasteiger partial charge >= 0.3 is 0 Å². The van der Waals surface area contributed by atoms with Gasteiger partial charge in [-0.05, 0) is 38.1 Å². The van der Waals surface area contributed by atoms with E-state index in [2.05, 4.69) is 5.32 Å². The number of rotatable bonds is 5. The largest absolute Gasteiger partial charge is 0.492 e. The Bertz CT molecular complexity index is 913. The quantitative estimate of drug-likeness (QED) is 0.672. The first-order valence-corrected chi connectivity index (χ1v) is 9.98. The zero-order valence-corrected chi connectivity index (χ0v) is 18.0. The highest BCUT2D eigenvalue weighted by Crippen LogP contribution is 2.37. The molecule has 154 valence electrons. The summed E-state index contributed by atoms with van der Waals surface area (Å²) in [5, 5.41) is 2.50. The van der Waals surface area contributed by atoms with Gasteiger partial charge in [0.15, 0.2) is 6.10 Å². The first-order valence-electron chi connectivity index (χ1n) is 8.85. The molecular weight excluding hydrogens is 439 g/mol. The van der Waals surface area contributed by atoms with Crippen molar-refractivity contribution < 1.29 is 19.1 Å². The Hall–Kier alpha value is -2.15. The predicted octanol–water partition coefficient (Wildman–Crippen LogP) is 4.50. The number of nitrogens with one attached hydrogen (secondary N) is 1. The first kappa shape index (κ1) is 21.6. The lowest BCUT2D eigenvalue weighted by Crippen LogP contribution is -2.46. The Kier molecular flexibility index (Phi) is 6.46. The number of halogens is 3. The number of fused-ring (bicyclic) bond motifs is 1. The number of alkyl halides is 3. The van der Waals surface area contributed by atoms with Crippen LogP contribution in [0.4, 0.5) is 11.4 Å². The van der Waals surface area contributed by atoms with Crippen LogP contribution < -0.4 is 19.7 Å². The van der Waals surface area contributed by atoms with Crippen molar-refractivity contribution in [1.29, 1.82) is 0 Å². The topological polar surface area (TPSA) is 67.9 Å². The number of hydrogen-bond acceptors (Lipinski definition) is 4. The van der Waals surface area contributed by atoms with E-state index in [4.69, 9.17) is 44.3 Å². The van der Waals surface area contributed by atoms with Crippen LogP contribution in [0.2, 0.25) is 0 Å². The van der Waals surface area contributed by atoms with Gasteiger partial charge in [0.2, 0.25) is 0 Å². The molecule has 29 heavy (non-hydrogen) atoms. The fourth-order valence-electron chi connectivity index (χ4n) is 2.81. The molecule has 0 saturated carbocycles. The van der Waals surface area contributed by atoms with Crippen LogP contribution >= 0.6 is 34.8 Å². The van der Waals surface area contributed by atoms with E-state index in [0.717, 1.165) is 11.3 Å². The van der Waals surface area contributed by atoms with Crippen molar-refractivity contribution in [3.05, 3.63) is 48.0 Å². The molecule has 0 aromatic heterocycles. The van der Waals surface area contributed by atoms with Gasteiger partial charge in [-0.1, -0.05) is 52.5 Å². The maximum Gasteiger partial charge on any atom is 0.276 e. The van der Waals surface area contributed by atoms with E-state index in [1.54, 1.807) is 30.0 Å². The lowest BCUT2D eigenvalue weighted by atomic mass is 10.1. The summed E-state index contributed by atoms with van der Waals surface area (Å²) < 4.78 is 9.33. The van der Waals surface area contributed by atoms with Crippen LogP contribution in [0.25, 0.3) is 0 Å². The fraction of sp³-hybridized carbons (Fsp3) is 0.300. The van der Waals surface area contributed by atoms with E-state index in [1.807, 2.05) is 31.2 Å². The van der Waals surface area contributed by atoms with Crippen molar-refractivity contribution in [1.82, 2.24) is 0 Å². The van der Waals surface area contributed by atoms with Gasteiger partial charge in [0.1, 0.15) is 18.1 Å². The van der Waals surface area contributed by atoms with E-state index in [0.29, 0.717) is 30.3 Å². The number of anilines is 2. The van der Waals surface area contributed by atoms with Crippen LogP contribution in [-0.4, -0.2) is 34.9 Å². The maximum atomic E-state index is 12.6. The van der Waals surface area contributed by atoms with Gasteiger partial charge in [-0.25, -0.2) is 0 Å². The fourth-order valence-corrected chi connectivity index (χ4v) is 2.95. The summed E-state index contributed by atoms with van der Waals surface area (Å²) in [4.78, 5) is 26.0. The SMILES string of the molecule is Cc1ccc(OCCN2C(=O)C(C)Oc3cc(NC(=O)C(Cl)(Cl)Cl)ccc32)cc1. The third-order valence-electron chi connectivity index (χ3n) is 4.29. The van der Waals surface area contributed by atoms with Gasteiger partial charge in [-0.3, -0.25) is 9.59 Å². The molecule has 0 spiro atoms. The van der Waals surface area contributed by atoms with Crippen LogP contribution in [0, 0.1) is 6.92 Å². The summed E-state index contributed by atoms with van der Waals surface area (Å²) in [6, 6.07) is 12.5. The second-order valence-electron chi connectivity index (χ2n) is 6.55. The smallest absolute Gasteiger partial charge is 0.276 e. The summed E-state index contributed by atoms with van der Waals surface area (Å²) in [7, 11) is 0. The molecule has 1 heterocycles. The third kappa shape index (κ3) is 5.26. The molecule has 1 N–H and O–H groups in total. The molecule has 0 saturated heterocycles. The monoisotopic (exact) mass is 456 g/mol. The maximum absolute atomic E-state index is 12.6. The predicted molar refractivity (Wildman–Crippen MR) is 114 cm³/mol. The second kappa shape index (κ2) is 8.69. The molecule has 6 nitrogen and oxygen atoms in total. The molecule has 2 amide bonds. The van der Waals surface area contributed by atoms with Gasteiger partial charge in [0.05, 0.1) is 12.2 Å². The zero-order chi connectivity index (χ0) is 21.2. The molecular formula is C20H19Cl3N2O4. The molecule has 1 unspecified atom stereocenters. The minimum Gasteiger partial charge on any atom is -0.492 e. The van der Waals surface area contributed by atoms with E-state index < -0.39 is 15.8 Å². The van der Waals surface area contributed by atoms with Crippen molar-refractivity contribution in [3.63, 3.8) is 0 Å². The lowest BCUT2D eigenvalue weighted by molar-refractivity contribution is -0.125. The second-order valence-corrected chi connectivity index (χ2v) is 8.83. The Morgan fingerprint density at radius 1 is 1.21 bits per heavy atom. The highest BCUT2D eigenvalue weighted by molar-refractivity contribution is 6.76. The molecule has 2 aromatic rings. The minimum atomic E-state index is -2.08. The number of benzene rings is 2. The van der Waals surface area contributed by atoms with Crippen molar-refractivity contribution in [2.75, 3.05) is 23.4 Å². The number of ether oxygens (including phenoxy) is 2. The molecule has 0 aliphatic carbocycles. The summed E-state index contributed by atoms with van der Waals surface area (Å²) in [5.74, 6) is 0.206. The Labute approximate surface area is 183 Å². The number of nitrogens with zero attached hydrogens (tertiary/aromatic N) is 1. The Morgan fingerprint density at radius 3 is 2.55 bits per heavy atom. The molecule has 1 atom stereocenters. The van der Waals surface area contributed by atoms with Crippen molar-refractivity contribution in [3.8, 4) is 11.5 Å². The molecule has 1 aliphatic heterocycles. The van der Waals surface area contributed by atoms with E-state index in [-0.39, 0.29) is 5.91 Å². The molecule has 0 fully saturated rings. The lowest BCUT2D eigenvalue weighted by Gasteiger charge is -2.33. The van der Waals surface area contributed by atoms with Gasteiger partial charge < -0.3 is 19.7 Å². The van der Waals surface area contributed by atoms with Crippen molar-refractivity contribution in [2.24, 2.45) is 0 Å². The van der Waals surface area contributed by atoms with Gasteiger partial charge in [-0.15, -0.1) is 0 Å². The van der Waals surface area contributed by atoms with Crippen LogP contribution in [0.3, 0.4) is 0 Å². The van der Waals surface area contributed by atoms with Crippen molar-refractivity contribution >= 4 is 58.0 Å². The van der Waals surface area contributed by atoms with Crippen LogP contribution in [0.15, 0.2) is 42.5 Å². The Balaban J connectivity index is 1.73. The summed E-state index contributed by atoms with van der Waals surface area (Å²) in [5.41, 5.74) is 2.10. The van der Waals surface area contributed by atoms with E-state index in [1.165, 1.54) is 0 Å². The molecule has 0 bridgehead atoms. The third-order valence-corrected chi connectivity index (χ3v) is 4.80. The number of carbonyl (C=O) groups is 2. The number of hydrogen-bond donors (Lipinski definition) is 1. The van der Waals surface area contributed by atoms with Crippen LogP contribution in [-0.2, 0) is 9.59 Å². The number of amides is 2. The highest BCUT2D eigenvalue weighted by atomic mass is 35.6. The standard InChI is InChI=1S/C20H19Cl3N2O4/c1-12-3-6-15(7-4-12)28-10-9-25-16-8-5-14(24-19(27)20(21,22)23)11-17(16)29-13(2)18(25)26/h3-8,11,13H,9-10H2,1-2H3,(H,24,27). The van der Waals surface area contributed by atoms with E-state index >= 15 is 0 Å². The van der Waals surface area contributed by atoms with E-state index in [9.17, 15) is 9.59 Å². The average molecular weight is 458 g/mol. The summed E-state index contributed by atoms with van der Waals surface area (Å²) in [6.07, 6.45) is -0.680.